The Bertz CT molecular complexity index is 352. The van der Waals surface area contributed by atoms with Crippen LogP contribution in [-0.2, 0) is 9.53 Å². The molecule has 0 aromatic heterocycles. The van der Waals surface area contributed by atoms with Gasteiger partial charge in [-0.3, -0.25) is 14.9 Å². The van der Waals surface area contributed by atoms with E-state index in [-0.39, 0.29) is 12.0 Å². The lowest BCUT2D eigenvalue weighted by atomic mass is 9.76. The third-order valence-corrected chi connectivity index (χ3v) is 3.26. The topological polar surface area (TPSA) is 89.7 Å². The van der Waals surface area contributed by atoms with E-state index in [1.54, 1.807) is 6.92 Å². The molecule has 1 fully saturated rings. The van der Waals surface area contributed by atoms with E-state index in [2.05, 4.69) is 0 Å². The van der Waals surface area contributed by atoms with Crippen LogP contribution in [0.1, 0.15) is 33.1 Å². The van der Waals surface area contributed by atoms with E-state index in [1.165, 1.54) is 6.92 Å². The van der Waals surface area contributed by atoms with Crippen molar-refractivity contribution in [2.75, 3.05) is 6.61 Å². The van der Waals surface area contributed by atoms with Gasteiger partial charge in [0.1, 0.15) is 5.60 Å². The quantitative estimate of drug-likeness (QED) is 0.456. The van der Waals surface area contributed by atoms with Gasteiger partial charge in [-0.15, -0.1) is 0 Å². The van der Waals surface area contributed by atoms with Gasteiger partial charge in [-0.1, -0.05) is 6.92 Å². The third-order valence-electron chi connectivity index (χ3n) is 3.26. The fraction of sp³-hybridized carbons (Fsp3) is 0.727. The molecule has 96 valence electrons. The molecule has 1 N–H and O–H groups in total. The first-order chi connectivity index (χ1) is 7.91. The van der Waals surface area contributed by atoms with E-state index in [1.807, 2.05) is 0 Å². The van der Waals surface area contributed by atoms with Crippen molar-refractivity contribution in [3.05, 3.63) is 21.9 Å². The lowest BCUT2D eigenvalue weighted by Crippen LogP contribution is -2.46. The van der Waals surface area contributed by atoms with Crippen LogP contribution in [-0.4, -0.2) is 28.2 Å². The summed E-state index contributed by atoms with van der Waals surface area (Å²) in [5, 5.41) is 20.9. The number of rotatable bonds is 4. The molecule has 0 aromatic rings. The summed E-state index contributed by atoms with van der Waals surface area (Å²) < 4.78 is 4.90. The van der Waals surface area contributed by atoms with Gasteiger partial charge in [0.2, 0.25) is 6.20 Å². The molecule has 1 heterocycles. The van der Waals surface area contributed by atoms with Crippen LogP contribution in [0.5, 0.6) is 0 Å². The summed E-state index contributed by atoms with van der Waals surface area (Å²) in [6, 6.07) is 0. The maximum absolute atomic E-state index is 11.6. The number of carbonyl (C=O) groups is 1. The number of aliphatic hydroxyl groups is 1. The Morgan fingerprint density at radius 3 is 2.88 bits per heavy atom. The molecule has 1 saturated heterocycles. The average Bonchev–Trinajstić information content (AvgIpc) is 2.27. The van der Waals surface area contributed by atoms with Crippen molar-refractivity contribution < 1.29 is 19.6 Å². The largest absolute Gasteiger partial charge is 0.465 e. The molecule has 0 unspecified atom stereocenters. The predicted octanol–water partition coefficient (Wildman–Crippen LogP) is 1.26. The summed E-state index contributed by atoms with van der Waals surface area (Å²) in [6.07, 6.45) is 2.16. The zero-order valence-corrected chi connectivity index (χ0v) is 10.0. The Hall–Kier alpha value is -1.43. The summed E-state index contributed by atoms with van der Waals surface area (Å²) in [6.45, 7) is 3.51. The van der Waals surface area contributed by atoms with Gasteiger partial charge in [0.25, 0.3) is 0 Å². The molecule has 17 heavy (non-hydrogen) atoms. The van der Waals surface area contributed by atoms with Gasteiger partial charge in [-0.25, -0.2) is 0 Å². The van der Waals surface area contributed by atoms with Crippen molar-refractivity contribution in [2.24, 2.45) is 5.92 Å². The van der Waals surface area contributed by atoms with Crippen LogP contribution < -0.4 is 0 Å². The first-order valence-electron chi connectivity index (χ1n) is 5.63. The van der Waals surface area contributed by atoms with E-state index < -0.39 is 22.4 Å². The highest BCUT2D eigenvalue weighted by Crippen LogP contribution is 2.35. The summed E-state index contributed by atoms with van der Waals surface area (Å²) in [4.78, 5) is 21.4. The summed E-state index contributed by atoms with van der Waals surface area (Å²) >= 11 is 0. The second kappa shape index (κ2) is 5.27. The van der Waals surface area contributed by atoms with E-state index >= 15 is 0 Å². The Balaban J connectivity index is 3.01. The third kappa shape index (κ3) is 2.82. The second-order valence-corrected chi connectivity index (χ2v) is 4.24. The average molecular weight is 243 g/mol. The first kappa shape index (κ1) is 13.6. The molecule has 0 spiro atoms. The van der Waals surface area contributed by atoms with E-state index in [0.717, 1.165) is 6.20 Å². The number of ether oxygens (including phenoxy) is 1. The number of carbonyl (C=O) groups excluding carboxylic acids is 1. The molecular weight excluding hydrogens is 226 g/mol. The number of esters is 1. The van der Waals surface area contributed by atoms with Gasteiger partial charge in [-0.05, 0) is 26.2 Å². The molecule has 0 amide bonds. The van der Waals surface area contributed by atoms with Crippen molar-refractivity contribution in [3.8, 4) is 0 Å². The van der Waals surface area contributed by atoms with Crippen molar-refractivity contribution in [3.63, 3.8) is 0 Å². The van der Waals surface area contributed by atoms with E-state index in [0.29, 0.717) is 19.4 Å². The predicted molar refractivity (Wildman–Crippen MR) is 59.7 cm³/mol. The summed E-state index contributed by atoms with van der Waals surface area (Å²) in [7, 11) is 0. The van der Waals surface area contributed by atoms with Gasteiger partial charge >= 0.3 is 5.97 Å². The Kier molecular flexibility index (Phi) is 4.22. The number of cyclic esters (lactones) is 1. The molecule has 2 atom stereocenters. The Morgan fingerprint density at radius 2 is 2.41 bits per heavy atom. The van der Waals surface area contributed by atoms with Crippen LogP contribution in [0.3, 0.4) is 0 Å². The standard InChI is InChI=1S/C11H17NO5/c1-3-11(14,8(2)7-12(15)16)9-5-4-6-17-10(9)13/h7,9,14H,3-6H2,1-2H3/b8-7+/t9-,11-/m0/s1. The van der Waals surface area contributed by atoms with Gasteiger partial charge < -0.3 is 9.84 Å². The van der Waals surface area contributed by atoms with Crippen LogP contribution in [0, 0.1) is 16.0 Å². The second-order valence-electron chi connectivity index (χ2n) is 4.24. The molecule has 0 aromatic carbocycles. The lowest BCUT2D eigenvalue weighted by molar-refractivity contribution is -0.404. The molecule has 1 aliphatic heterocycles. The number of hydrogen-bond acceptors (Lipinski definition) is 5. The molecule has 0 saturated carbocycles. The lowest BCUT2D eigenvalue weighted by Gasteiger charge is -2.35. The molecule has 6 nitrogen and oxygen atoms in total. The molecular formula is C11H17NO5. The number of nitrogens with zero attached hydrogens (tertiary/aromatic N) is 1. The van der Waals surface area contributed by atoms with E-state index in [9.17, 15) is 20.0 Å². The minimum atomic E-state index is -1.48. The molecule has 0 bridgehead atoms. The maximum Gasteiger partial charge on any atom is 0.312 e. The van der Waals surface area contributed by atoms with Crippen LogP contribution in [0.15, 0.2) is 11.8 Å². The summed E-state index contributed by atoms with van der Waals surface area (Å²) in [5.74, 6) is -1.19. The van der Waals surface area contributed by atoms with Crippen LogP contribution in [0.2, 0.25) is 0 Å². The van der Waals surface area contributed by atoms with Gasteiger partial charge in [-0.2, -0.15) is 0 Å². The minimum absolute atomic E-state index is 0.189. The highest BCUT2D eigenvalue weighted by atomic mass is 16.6. The first-order valence-corrected chi connectivity index (χ1v) is 5.63. The van der Waals surface area contributed by atoms with Gasteiger partial charge in [0, 0.05) is 5.57 Å². The zero-order valence-electron chi connectivity index (χ0n) is 10.0. The smallest absolute Gasteiger partial charge is 0.312 e. The van der Waals surface area contributed by atoms with Crippen molar-refractivity contribution in [2.45, 2.75) is 38.7 Å². The molecule has 0 aliphatic carbocycles. The van der Waals surface area contributed by atoms with E-state index in [4.69, 9.17) is 4.74 Å². The maximum atomic E-state index is 11.6. The zero-order chi connectivity index (χ0) is 13.1. The van der Waals surface area contributed by atoms with Crippen LogP contribution in [0.4, 0.5) is 0 Å². The van der Waals surface area contributed by atoms with Crippen molar-refractivity contribution in [1.82, 2.24) is 0 Å². The number of nitro groups is 1. The fourth-order valence-electron chi connectivity index (χ4n) is 2.18. The Labute approximate surface area is 99.4 Å². The van der Waals surface area contributed by atoms with Crippen LogP contribution in [0.25, 0.3) is 0 Å². The molecule has 1 rings (SSSR count). The molecule has 6 heteroatoms. The number of hydrogen-bond donors (Lipinski definition) is 1. The minimum Gasteiger partial charge on any atom is -0.465 e. The highest BCUT2D eigenvalue weighted by Gasteiger charge is 2.44. The highest BCUT2D eigenvalue weighted by molar-refractivity contribution is 5.75. The van der Waals surface area contributed by atoms with Crippen molar-refractivity contribution in [1.29, 1.82) is 0 Å². The fourth-order valence-corrected chi connectivity index (χ4v) is 2.18. The SMILES string of the molecule is CC[C@](O)(/C(C)=C/[N+](=O)[O-])[C@H]1CCCOC1=O. The van der Waals surface area contributed by atoms with Crippen LogP contribution >= 0.6 is 0 Å². The molecule has 0 radical (unpaired) electrons. The monoisotopic (exact) mass is 243 g/mol. The Morgan fingerprint density at radius 1 is 1.76 bits per heavy atom. The van der Waals surface area contributed by atoms with Crippen molar-refractivity contribution >= 4 is 5.97 Å². The molecule has 1 aliphatic rings. The van der Waals surface area contributed by atoms with Gasteiger partial charge in [0.05, 0.1) is 17.4 Å². The summed E-state index contributed by atoms with van der Waals surface area (Å²) in [5.41, 5.74) is -1.29. The van der Waals surface area contributed by atoms with Gasteiger partial charge in [0.15, 0.2) is 0 Å². The normalized spacial score (nSPS) is 25.0.